The Morgan fingerprint density at radius 2 is 2.00 bits per heavy atom. The third kappa shape index (κ3) is 4.23. The summed E-state index contributed by atoms with van der Waals surface area (Å²) in [7, 11) is 0. The molecule has 0 bridgehead atoms. The van der Waals surface area contributed by atoms with Gasteiger partial charge in [0.25, 0.3) is 0 Å². The summed E-state index contributed by atoms with van der Waals surface area (Å²) in [5.74, 6) is 1.36. The minimum atomic E-state index is -0.629. The lowest BCUT2D eigenvalue weighted by Crippen LogP contribution is -2.42. The first-order valence-corrected chi connectivity index (χ1v) is 9.35. The number of nitrogens with one attached hydrogen (secondary N) is 1. The average Bonchev–Trinajstić information content (AvgIpc) is 3.17. The van der Waals surface area contributed by atoms with Gasteiger partial charge in [-0.05, 0) is 49.2 Å². The van der Waals surface area contributed by atoms with Crippen molar-refractivity contribution >= 4 is 11.6 Å². The molecule has 0 spiro atoms. The van der Waals surface area contributed by atoms with Crippen LogP contribution in [0.3, 0.4) is 0 Å². The van der Waals surface area contributed by atoms with Crippen molar-refractivity contribution in [2.24, 2.45) is 5.92 Å². The molecule has 0 saturated carbocycles. The third-order valence-electron chi connectivity index (χ3n) is 5.13. The van der Waals surface area contributed by atoms with Crippen LogP contribution < -0.4 is 14.8 Å². The van der Waals surface area contributed by atoms with Gasteiger partial charge in [-0.2, -0.15) is 0 Å². The number of fused-ring (bicyclic) bond motifs is 1. The van der Waals surface area contributed by atoms with Gasteiger partial charge < -0.3 is 19.9 Å². The highest BCUT2D eigenvalue weighted by atomic mass is 16.7. The molecular weight excluding hydrogens is 344 g/mol. The normalized spacial score (nSPS) is 20.3. The molecule has 6 nitrogen and oxygen atoms in total. The van der Waals surface area contributed by atoms with Gasteiger partial charge in [-0.25, -0.2) is 0 Å². The average molecular weight is 368 g/mol. The van der Waals surface area contributed by atoms with E-state index in [1.54, 1.807) is 0 Å². The Morgan fingerprint density at radius 3 is 2.85 bits per heavy atom. The Kier molecular flexibility index (Phi) is 5.27. The maximum atomic E-state index is 12.6. The van der Waals surface area contributed by atoms with Crippen molar-refractivity contribution in [3.8, 4) is 11.5 Å². The number of ether oxygens (including phenoxy) is 2. The van der Waals surface area contributed by atoms with Gasteiger partial charge in [0.1, 0.15) is 0 Å². The van der Waals surface area contributed by atoms with Crippen molar-refractivity contribution in [1.82, 2.24) is 4.90 Å². The molecule has 1 saturated heterocycles. The van der Waals surface area contributed by atoms with Crippen molar-refractivity contribution in [1.29, 1.82) is 0 Å². The largest absolute Gasteiger partial charge is 0.454 e. The minimum absolute atomic E-state index is 0.0449. The van der Waals surface area contributed by atoms with E-state index in [2.05, 4.69) is 10.2 Å². The molecule has 2 aromatic rings. The van der Waals surface area contributed by atoms with E-state index < -0.39 is 6.10 Å². The summed E-state index contributed by atoms with van der Waals surface area (Å²) in [6.45, 7) is 2.25. The summed E-state index contributed by atoms with van der Waals surface area (Å²) in [6.07, 6.45) is 1.19. The lowest BCUT2D eigenvalue weighted by atomic mass is 9.96. The van der Waals surface area contributed by atoms with E-state index in [4.69, 9.17) is 9.47 Å². The molecule has 0 radical (unpaired) electrons. The van der Waals surface area contributed by atoms with Crippen LogP contribution >= 0.6 is 0 Å². The monoisotopic (exact) mass is 368 g/mol. The standard InChI is InChI=1S/C21H24N2O4/c24-18(15-8-9-19-20(11-15)27-14-26-19)13-23-10-4-5-16(12-23)21(25)22-17-6-2-1-3-7-17/h1-3,6-9,11,16,18,24H,4-5,10,12-14H2,(H,22,25). The topological polar surface area (TPSA) is 71.0 Å². The number of hydrogen-bond donors (Lipinski definition) is 2. The number of likely N-dealkylation sites (tertiary alicyclic amines) is 1. The van der Waals surface area contributed by atoms with Crippen molar-refractivity contribution in [2.75, 3.05) is 31.7 Å². The van der Waals surface area contributed by atoms with Gasteiger partial charge in [0.05, 0.1) is 12.0 Å². The van der Waals surface area contributed by atoms with Crippen LogP contribution in [0.5, 0.6) is 11.5 Å². The fraction of sp³-hybridized carbons (Fsp3) is 0.381. The molecule has 6 heteroatoms. The van der Waals surface area contributed by atoms with Crippen molar-refractivity contribution < 1.29 is 19.4 Å². The number of nitrogens with zero attached hydrogens (tertiary/aromatic N) is 1. The Labute approximate surface area is 158 Å². The molecule has 27 heavy (non-hydrogen) atoms. The number of piperidine rings is 1. The van der Waals surface area contributed by atoms with Crippen LogP contribution in [0.4, 0.5) is 5.69 Å². The predicted molar refractivity (Wildman–Crippen MR) is 102 cm³/mol. The lowest BCUT2D eigenvalue weighted by molar-refractivity contribution is -0.121. The Morgan fingerprint density at radius 1 is 1.19 bits per heavy atom. The summed E-state index contributed by atoms with van der Waals surface area (Å²) < 4.78 is 10.7. The molecule has 4 rings (SSSR count). The number of benzene rings is 2. The summed E-state index contributed by atoms with van der Waals surface area (Å²) >= 11 is 0. The molecule has 2 unspecified atom stereocenters. The number of amides is 1. The molecule has 2 aliphatic heterocycles. The van der Waals surface area contributed by atoms with Crippen LogP contribution in [0.2, 0.25) is 0 Å². The molecule has 0 aromatic heterocycles. The summed E-state index contributed by atoms with van der Waals surface area (Å²) in [4.78, 5) is 14.7. The van der Waals surface area contributed by atoms with E-state index in [9.17, 15) is 9.90 Å². The maximum Gasteiger partial charge on any atom is 0.231 e. The number of rotatable bonds is 5. The van der Waals surface area contributed by atoms with Gasteiger partial charge in [-0.15, -0.1) is 0 Å². The van der Waals surface area contributed by atoms with Crippen LogP contribution in [0, 0.1) is 5.92 Å². The van der Waals surface area contributed by atoms with Crippen molar-refractivity contribution in [3.63, 3.8) is 0 Å². The van der Waals surface area contributed by atoms with Crippen LogP contribution in [0.25, 0.3) is 0 Å². The highest BCUT2D eigenvalue weighted by Crippen LogP contribution is 2.34. The van der Waals surface area contributed by atoms with E-state index >= 15 is 0 Å². The van der Waals surface area contributed by atoms with Gasteiger partial charge in [0, 0.05) is 18.8 Å². The third-order valence-corrected chi connectivity index (χ3v) is 5.13. The molecule has 142 valence electrons. The van der Waals surface area contributed by atoms with Crippen LogP contribution in [-0.4, -0.2) is 42.3 Å². The number of carbonyl (C=O) groups excluding carboxylic acids is 1. The zero-order chi connectivity index (χ0) is 18.6. The Balaban J connectivity index is 1.34. The highest BCUT2D eigenvalue weighted by molar-refractivity contribution is 5.92. The van der Waals surface area contributed by atoms with Gasteiger partial charge >= 0.3 is 0 Å². The van der Waals surface area contributed by atoms with E-state index in [-0.39, 0.29) is 18.6 Å². The zero-order valence-electron chi connectivity index (χ0n) is 15.1. The molecular formula is C21H24N2O4. The fourth-order valence-corrected chi connectivity index (χ4v) is 3.67. The molecule has 2 heterocycles. The lowest BCUT2D eigenvalue weighted by Gasteiger charge is -2.33. The van der Waals surface area contributed by atoms with Gasteiger partial charge in [-0.1, -0.05) is 24.3 Å². The first kappa shape index (κ1) is 17.8. The quantitative estimate of drug-likeness (QED) is 0.849. The molecule has 2 atom stereocenters. The molecule has 2 aliphatic rings. The number of para-hydroxylation sites is 1. The van der Waals surface area contributed by atoms with Crippen LogP contribution in [-0.2, 0) is 4.79 Å². The number of anilines is 1. The van der Waals surface area contributed by atoms with Crippen LogP contribution in [0.15, 0.2) is 48.5 Å². The number of aliphatic hydroxyl groups excluding tert-OH is 1. The fourth-order valence-electron chi connectivity index (χ4n) is 3.67. The Bertz CT molecular complexity index is 796. The number of β-amino-alcohol motifs (C(OH)–C–C–N with tert-alkyl or cyclic N) is 1. The SMILES string of the molecule is O=C(Nc1ccccc1)C1CCCN(CC(O)c2ccc3c(c2)OCO3)C1. The summed E-state index contributed by atoms with van der Waals surface area (Å²) in [6, 6.07) is 15.0. The maximum absolute atomic E-state index is 12.6. The molecule has 0 aliphatic carbocycles. The first-order valence-electron chi connectivity index (χ1n) is 9.35. The van der Waals surface area contributed by atoms with E-state index in [0.717, 1.165) is 30.6 Å². The second-order valence-electron chi connectivity index (χ2n) is 7.08. The summed E-state index contributed by atoms with van der Waals surface area (Å²) in [5.41, 5.74) is 1.62. The van der Waals surface area contributed by atoms with Crippen molar-refractivity contribution in [2.45, 2.75) is 18.9 Å². The minimum Gasteiger partial charge on any atom is -0.454 e. The predicted octanol–water partition coefficient (Wildman–Crippen LogP) is 2.80. The second-order valence-corrected chi connectivity index (χ2v) is 7.08. The van der Waals surface area contributed by atoms with Gasteiger partial charge in [-0.3, -0.25) is 9.69 Å². The van der Waals surface area contributed by atoms with Gasteiger partial charge in [0.15, 0.2) is 11.5 Å². The highest BCUT2D eigenvalue weighted by Gasteiger charge is 2.27. The zero-order valence-corrected chi connectivity index (χ0v) is 15.1. The van der Waals surface area contributed by atoms with Crippen molar-refractivity contribution in [3.05, 3.63) is 54.1 Å². The molecule has 2 N–H and O–H groups in total. The molecule has 2 aromatic carbocycles. The smallest absolute Gasteiger partial charge is 0.231 e. The number of carbonyl (C=O) groups is 1. The molecule has 1 amide bonds. The summed E-state index contributed by atoms with van der Waals surface area (Å²) in [5, 5.41) is 13.6. The number of aliphatic hydroxyl groups is 1. The first-order chi connectivity index (χ1) is 13.2. The second kappa shape index (κ2) is 7.98. The van der Waals surface area contributed by atoms with E-state index in [1.165, 1.54) is 0 Å². The Hall–Kier alpha value is -2.57. The molecule has 1 fully saturated rings. The van der Waals surface area contributed by atoms with Gasteiger partial charge in [0.2, 0.25) is 12.7 Å². The van der Waals surface area contributed by atoms with E-state index in [1.807, 2.05) is 48.5 Å². The van der Waals surface area contributed by atoms with E-state index in [0.29, 0.717) is 24.6 Å². The number of hydrogen-bond acceptors (Lipinski definition) is 5. The van der Waals surface area contributed by atoms with Crippen LogP contribution in [0.1, 0.15) is 24.5 Å².